The van der Waals surface area contributed by atoms with Crippen molar-refractivity contribution in [2.45, 2.75) is 37.8 Å². The van der Waals surface area contributed by atoms with Gasteiger partial charge in [-0.25, -0.2) is 0 Å². The molecule has 0 aromatic heterocycles. The van der Waals surface area contributed by atoms with Crippen LogP contribution in [0.15, 0.2) is 18.2 Å². The molecule has 2 heterocycles. The molecule has 1 aromatic rings. The third-order valence-electron chi connectivity index (χ3n) is 4.81. The average Bonchev–Trinajstić information content (AvgIpc) is 2.92. The number of hydrogen-bond acceptors (Lipinski definition) is 4. The summed E-state index contributed by atoms with van der Waals surface area (Å²) in [6.45, 7) is 4.27. The summed E-state index contributed by atoms with van der Waals surface area (Å²) in [6, 6.07) is 6.18. The van der Waals surface area contributed by atoms with Crippen LogP contribution in [0, 0.1) is 12.8 Å². The van der Waals surface area contributed by atoms with E-state index in [-0.39, 0.29) is 11.6 Å². The molecule has 2 aliphatic rings. The van der Waals surface area contributed by atoms with Gasteiger partial charge in [-0.2, -0.15) is 0 Å². The number of hydrogen-bond donors (Lipinski definition) is 2. The molecule has 3 N–H and O–H groups in total. The molecule has 21 heavy (non-hydrogen) atoms. The maximum atomic E-state index is 6.49. The average molecular weight is 311 g/mol. The molecule has 0 aliphatic carbocycles. The summed E-state index contributed by atoms with van der Waals surface area (Å²) >= 11 is 6.49. The first-order valence-corrected chi connectivity index (χ1v) is 7.96. The number of nitrogens with two attached hydrogens (primary N) is 1. The Morgan fingerprint density at radius 2 is 2.29 bits per heavy atom. The van der Waals surface area contributed by atoms with Gasteiger partial charge < -0.3 is 9.47 Å². The van der Waals surface area contributed by atoms with Crippen molar-refractivity contribution in [3.63, 3.8) is 0 Å². The van der Waals surface area contributed by atoms with Crippen molar-refractivity contribution < 1.29 is 9.47 Å². The molecule has 1 spiro atoms. The number of nitrogens with one attached hydrogen (secondary N) is 1. The van der Waals surface area contributed by atoms with Crippen molar-refractivity contribution in [2.75, 3.05) is 19.8 Å². The minimum atomic E-state index is -0.117. The lowest BCUT2D eigenvalue weighted by atomic mass is 9.79. The van der Waals surface area contributed by atoms with Crippen LogP contribution < -0.4 is 11.3 Å². The topological polar surface area (TPSA) is 56.5 Å². The molecule has 0 radical (unpaired) electrons. The van der Waals surface area contributed by atoms with E-state index in [9.17, 15) is 0 Å². The third kappa shape index (κ3) is 2.96. The Kier molecular flexibility index (Phi) is 4.52. The maximum Gasteiger partial charge on any atom is 0.0940 e. The zero-order chi connectivity index (χ0) is 14.9. The number of aryl methyl sites for hydroxylation is 1. The molecule has 0 bridgehead atoms. The van der Waals surface area contributed by atoms with Crippen LogP contribution in [0.25, 0.3) is 0 Å². The fourth-order valence-corrected chi connectivity index (χ4v) is 3.85. The summed E-state index contributed by atoms with van der Waals surface area (Å²) in [4.78, 5) is 0. The molecule has 3 rings (SSSR count). The van der Waals surface area contributed by atoms with Gasteiger partial charge in [0.15, 0.2) is 0 Å². The van der Waals surface area contributed by atoms with E-state index in [1.165, 1.54) is 0 Å². The SMILES string of the molecule is Cc1cccc(C(NN)C2CCOC3(CCOC3)C2)c1Cl. The molecule has 2 aliphatic heterocycles. The van der Waals surface area contributed by atoms with Gasteiger partial charge in [0.1, 0.15) is 0 Å². The fraction of sp³-hybridized carbons (Fsp3) is 0.625. The molecule has 2 fully saturated rings. The van der Waals surface area contributed by atoms with Gasteiger partial charge in [0.05, 0.1) is 18.2 Å². The second-order valence-corrected chi connectivity index (χ2v) is 6.59. The Hall–Kier alpha value is -0.650. The first kappa shape index (κ1) is 15.3. The first-order valence-electron chi connectivity index (χ1n) is 7.58. The first-order chi connectivity index (χ1) is 10.2. The molecule has 0 saturated carbocycles. The van der Waals surface area contributed by atoms with E-state index in [0.29, 0.717) is 12.5 Å². The second-order valence-electron chi connectivity index (χ2n) is 6.21. The lowest BCUT2D eigenvalue weighted by molar-refractivity contribution is -0.103. The van der Waals surface area contributed by atoms with Crippen LogP contribution in [-0.2, 0) is 9.47 Å². The van der Waals surface area contributed by atoms with Gasteiger partial charge in [0, 0.05) is 24.7 Å². The monoisotopic (exact) mass is 310 g/mol. The van der Waals surface area contributed by atoms with E-state index >= 15 is 0 Å². The highest BCUT2D eigenvalue weighted by Crippen LogP contribution is 2.42. The summed E-state index contributed by atoms with van der Waals surface area (Å²) in [5, 5.41) is 0.809. The predicted octanol–water partition coefficient (Wildman–Crippen LogP) is 2.74. The van der Waals surface area contributed by atoms with Gasteiger partial charge in [0.25, 0.3) is 0 Å². The number of rotatable bonds is 3. The molecule has 4 nitrogen and oxygen atoms in total. The van der Waals surface area contributed by atoms with Crippen LogP contribution in [0.3, 0.4) is 0 Å². The molecule has 0 amide bonds. The molecule has 3 atom stereocenters. The van der Waals surface area contributed by atoms with E-state index in [0.717, 1.165) is 48.6 Å². The van der Waals surface area contributed by atoms with E-state index < -0.39 is 0 Å². The minimum Gasteiger partial charge on any atom is -0.378 e. The van der Waals surface area contributed by atoms with Crippen LogP contribution in [0.2, 0.25) is 5.02 Å². The largest absolute Gasteiger partial charge is 0.378 e. The number of halogens is 1. The summed E-state index contributed by atoms with van der Waals surface area (Å²) in [7, 11) is 0. The Morgan fingerprint density at radius 1 is 1.43 bits per heavy atom. The summed E-state index contributed by atoms with van der Waals surface area (Å²) in [5.74, 6) is 6.27. The quantitative estimate of drug-likeness (QED) is 0.666. The number of hydrazine groups is 1. The lowest BCUT2D eigenvalue weighted by Crippen LogP contribution is -2.45. The minimum absolute atomic E-state index is 0.0544. The molecule has 2 saturated heterocycles. The summed E-state index contributed by atoms with van der Waals surface area (Å²) < 4.78 is 11.6. The summed E-state index contributed by atoms with van der Waals surface area (Å²) in [6.07, 6.45) is 2.93. The molecular weight excluding hydrogens is 288 g/mol. The van der Waals surface area contributed by atoms with Crippen LogP contribution in [0.4, 0.5) is 0 Å². The Labute approximate surface area is 130 Å². The van der Waals surface area contributed by atoms with Gasteiger partial charge in [-0.15, -0.1) is 0 Å². The number of benzene rings is 1. The number of ether oxygens (including phenoxy) is 2. The van der Waals surface area contributed by atoms with Crippen molar-refractivity contribution in [3.8, 4) is 0 Å². The second kappa shape index (κ2) is 6.23. The Balaban J connectivity index is 1.84. The van der Waals surface area contributed by atoms with Crippen LogP contribution in [-0.4, -0.2) is 25.4 Å². The molecule has 116 valence electrons. The Morgan fingerprint density at radius 3 is 3.00 bits per heavy atom. The van der Waals surface area contributed by atoms with Crippen LogP contribution >= 0.6 is 11.6 Å². The lowest BCUT2D eigenvalue weighted by Gasteiger charge is -2.40. The van der Waals surface area contributed by atoms with Crippen molar-refractivity contribution in [2.24, 2.45) is 11.8 Å². The normalized spacial score (nSPS) is 30.7. The van der Waals surface area contributed by atoms with Crippen molar-refractivity contribution in [1.29, 1.82) is 0 Å². The van der Waals surface area contributed by atoms with Crippen LogP contribution in [0.5, 0.6) is 0 Å². The van der Waals surface area contributed by atoms with Crippen molar-refractivity contribution in [1.82, 2.24) is 5.43 Å². The standard InChI is InChI=1S/C16H23ClN2O2/c1-11-3-2-4-13(14(11)17)15(19-18)12-5-7-21-16(9-12)6-8-20-10-16/h2-4,12,15,19H,5-10,18H2,1H3. The smallest absolute Gasteiger partial charge is 0.0940 e. The van der Waals surface area contributed by atoms with Crippen molar-refractivity contribution in [3.05, 3.63) is 34.3 Å². The van der Waals surface area contributed by atoms with E-state index in [1.54, 1.807) is 0 Å². The van der Waals surface area contributed by atoms with Gasteiger partial charge in [0.2, 0.25) is 0 Å². The highest BCUT2D eigenvalue weighted by molar-refractivity contribution is 6.32. The molecular formula is C16H23ClN2O2. The zero-order valence-corrected chi connectivity index (χ0v) is 13.2. The summed E-state index contributed by atoms with van der Waals surface area (Å²) in [5.41, 5.74) is 5.03. The van der Waals surface area contributed by atoms with Gasteiger partial charge in [-0.1, -0.05) is 29.8 Å². The molecule has 1 aromatic carbocycles. The highest BCUT2D eigenvalue weighted by Gasteiger charge is 2.43. The Bertz CT molecular complexity index is 503. The van der Waals surface area contributed by atoms with Crippen LogP contribution in [0.1, 0.15) is 36.4 Å². The maximum absolute atomic E-state index is 6.49. The highest BCUT2D eigenvalue weighted by atomic mass is 35.5. The van der Waals surface area contributed by atoms with Gasteiger partial charge >= 0.3 is 0 Å². The molecule has 3 unspecified atom stereocenters. The third-order valence-corrected chi connectivity index (χ3v) is 5.32. The zero-order valence-electron chi connectivity index (χ0n) is 12.4. The predicted molar refractivity (Wildman–Crippen MR) is 83.1 cm³/mol. The van der Waals surface area contributed by atoms with Crippen molar-refractivity contribution >= 4 is 11.6 Å². The van der Waals surface area contributed by atoms with E-state index in [1.807, 2.05) is 19.1 Å². The fourth-order valence-electron chi connectivity index (χ4n) is 3.60. The van der Waals surface area contributed by atoms with Gasteiger partial charge in [-0.05, 0) is 36.8 Å². The molecule has 5 heteroatoms. The van der Waals surface area contributed by atoms with E-state index in [2.05, 4.69) is 11.5 Å². The van der Waals surface area contributed by atoms with E-state index in [4.69, 9.17) is 26.9 Å². The van der Waals surface area contributed by atoms with Gasteiger partial charge in [-0.3, -0.25) is 11.3 Å².